The molecule has 3 N–H and O–H groups in total. The smallest absolute Gasteiger partial charge is 0.475 e. The summed E-state index contributed by atoms with van der Waals surface area (Å²) in [5.41, 5.74) is 4.49. The van der Waals surface area contributed by atoms with Crippen LogP contribution in [-0.4, -0.2) is 69.4 Å². The van der Waals surface area contributed by atoms with E-state index in [0.29, 0.717) is 18.4 Å². The Kier molecular flexibility index (Phi) is 11.2. The van der Waals surface area contributed by atoms with Crippen LogP contribution in [0, 0.1) is 0 Å². The van der Waals surface area contributed by atoms with Crippen molar-refractivity contribution in [3.63, 3.8) is 0 Å². The lowest BCUT2D eigenvalue weighted by molar-refractivity contribution is -0.193. The quantitative estimate of drug-likeness (QED) is 0.383. The molecule has 8 nitrogen and oxygen atoms in total. The fourth-order valence-electron chi connectivity index (χ4n) is 5.64. The number of carboxylic acid groups (broad SMARTS) is 2. The van der Waals surface area contributed by atoms with Crippen molar-refractivity contribution in [2.24, 2.45) is 0 Å². The molecule has 2 heterocycles. The Bertz CT molecular complexity index is 1220. The van der Waals surface area contributed by atoms with Crippen molar-refractivity contribution in [3.8, 4) is 0 Å². The number of rotatable bonds is 5. The van der Waals surface area contributed by atoms with E-state index >= 15 is 0 Å². The van der Waals surface area contributed by atoms with E-state index in [2.05, 4.69) is 45.5 Å². The highest BCUT2D eigenvalue weighted by atomic mass is 19.4. The number of amides is 1. The molecule has 1 atom stereocenters. The number of fused-ring (bicyclic) bond motifs is 2. The Morgan fingerprint density at radius 1 is 0.930 bits per heavy atom. The van der Waals surface area contributed by atoms with Crippen LogP contribution in [0.25, 0.3) is 0 Å². The monoisotopic (exact) mass is 617 g/mol. The second-order valence-corrected chi connectivity index (χ2v) is 10.9. The Morgan fingerprint density at radius 3 is 2.00 bits per heavy atom. The summed E-state index contributed by atoms with van der Waals surface area (Å²) in [6.45, 7) is 3.22. The summed E-state index contributed by atoms with van der Waals surface area (Å²) in [5, 5.41) is 17.5. The predicted octanol–water partition coefficient (Wildman–Crippen LogP) is 5.43. The van der Waals surface area contributed by atoms with Gasteiger partial charge in [0.05, 0.1) is 0 Å². The average molecular weight is 618 g/mol. The highest BCUT2D eigenvalue weighted by Crippen LogP contribution is 2.52. The molecule has 14 heteroatoms. The molecule has 0 bridgehead atoms. The zero-order valence-electron chi connectivity index (χ0n) is 23.1. The standard InChI is InChI=1S/C25H31N3O.2C2HF3O2/c29-24(27-21-6-3-7-21)15-20-16-25(23-9-2-1-8-22(20)23)10-13-28(14-11-25)18-19-5-4-12-26-17-19;2*3-2(4,5)1(6)7/h1-2,4-5,8-9,12,17,20-21H,3,6-7,10-11,13-16,18H2,(H,27,29);2*(H,6,7). The summed E-state index contributed by atoms with van der Waals surface area (Å²) in [6, 6.07) is 13.5. The van der Waals surface area contributed by atoms with Crippen LogP contribution >= 0.6 is 0 Å². The molecule has 1 saturated heterocycles. The first-order valence-corrected chi connectivity index (χ1v) is 13.7. The van der Waals surface area contributed by atoms with Crippen molar-refractivity contribution < 1.29 is 50.9 Å². The molecule has 5 rings (SSSR count). The molecule has 2 aliphatic carbocycles. The molecule has 1 aromatic heterocycles. The number of aromatic nitrogens is 1. The number of likely N-dealkylation sites (tertiary alicyclic amines) is 1. The van der Waals surface area contributed by atoms with Crippen LogP contribution < -0.4 is 5.32 Å². The number of pyridine rings is 1. The average Bonchev–Trinajstić information content (AvgIpc) is 3.20. The van der Waals surface area contributed by atoms with Crippen LogP contribution in [0.15, 0.2) is 48.8 Å². The van der Waals surface area contributed by atoms with Crippen molar-refractivity contribution in [2.45, 2.75) is 81.2 Å². The third-order valence-corrected chi connectivity index (χ3v) is 7.94. The maximum atomic E-state index is 12.6. The number of nitrogens with zero attached hydrogens (tertiary/aromatic N) is 2. The first-order chi connectivity index (χ1) is 20.1. The molecule has 3 aliphatic rings. The Balaban J connectivity index is 0.000000303. The lowest BCUT2D eigenvalue weighted by atomic mass is 9.73. The summed E-state index contributed by atoms with van der Waals surface area (Å²) in [5.74, 6) is -4.89. The number of hydrogen-bond acceptors (Lipinski definition) is 5. The highest BCUT2D eigenvalue weighted by molar-refractivity contribution is 5.77. The third kappa shape index (κ3) is 9.66. The first-order valence-electron chi connectivity index (χ1n) is 13.7. The zero-order chi connectivity index (χ0) is 31.8. The van der Waals surface area contributed by atoms with Gasteiger partial charge in [0.1, 0.15) is 0 Å². The van der Waals surface area contributed by atoms with Gasteiger partial charge in [-0.3, -0.25) is 14.7 Å². The van der Waals surface area contributed by atoms with Gasteiger partial charge < -0.3 is 15.5 Å². The van der Waals surface area contributed by atoms with Gasteiger partial charge in [-0.1, -0.05) is 30.3 Å². The van der Waals surface area contributed by atoms with E-state index in [0.717, 1.165) is 38.9 Å². The zero-order valence-corrected chi connectivity index (χ0v) is 23.1. The van der Waals surface area contributed by atoms with Crippen molar-refractivity contribution in [3.05, 3.63) is 65.5 Å². The first kappa shape index (κ1) is 33.8. The topological polar surface area (TPSA) is 120 Å². The summed E-state index contributed by atoms with van der Waals surface area (Å²) >= 11 is 0. The molecule has 2 fully saturated rings. The molecule has 1 spiro atoms. The summed E-state index contributed by atoms with van der Waals surface area (Å²) in [6.07, 6.45) is 1.37. The van der Waals surface area contributed by atoms with Gasteiger partial charge in [-0.25, -0.2) is 9.59 Å². The van der Waals surface area contributed by atoms with E-state index in [4.69, 9.17) is 19.8 Å². The maximum absolute atomic E-state index is 12.6. The third-order valence-electron chi connectivity index (χ3n) is 7.94. The SMILES string of the molecule is O=C(CC1CC2(CCN(Cc3cccnc3)CC2)c2ccccc21)NC1CCC1.O=C(O)C(F)(F)F.O=C(O)C(F)(F)F. The molecule has 1 aromatic carbocycles. The summed E-state index contributed by atoms with van der Waals surface area (Å²) in [4.78, 5) is 37.2. The molecule has 236 valence electrons. The number of halogens is 6. The molecule has 1 saturated carbocycles. The van der Waals surface area contributed by atoms with Gasteiger partial charge in [0.2, 0.25) is 5.91 Å². The largest absolute Gasteiger partial charge is 0.490 e. The number of piperidine rings is 1. The van der Waals surface area contributed by atoms with E-state index in [1.54, 1.807) is 0 Å². The molecule has 1 aliphatic heterocycles. The van der Waals surface area contributed by atoms with Crippen molar-refractivity contribution in [1.29, 1.82) is 0 Å². The highest BCUT2D eigenvalue weighted by Gasteiger charge is 2.45. The molecule has 0 radical (unpaired) electrons. The second kappa shape index (κ2) is 14.2. The van der Waals surface area contributed by atoms with Gasteiger partial charge in [0, 0.05) is 31.4 Å². The van der Waals surface area contributed by atoms with Crippen LogP contribution in [0.2, 0.25) is 0 Å². The minimum Gasteiger partial charge on any atom is -0.475 e. The number of alkyl halides is 6. The van der Waals surface area contributed by atoms with E-state index in [1.165, 1.54) is 36.0 Å². The predicted molar refractivity (Wildman–Crippen MR) is 142 cm³/mol. The van der Waals surface area contributed by atoms with Crippen LogP contribution in [0.3, 0.4) is 0 Å². The number of carboxylic acids is 2. The van der Waals surface area contributed by atoms with Gasteiger partial charge >= 0.3 is 24.3 Å². The molecule has 2 aromatic rings. The van der Waals surface area contributed by atoms with Crippen molar-refractivity contribution >= 4 is 17.8 Å². The number of hydrogen-bond donors (Lipinski definition) is 3. The van der Waals surface area contributed by atoms with E-state index in [-0.39, 0.29) is 11.3 Å². The molecule has 1 unspecified atom stereocenters. The minimum absolute atomic E-state index is 0.251. The fraction of sp³-hybridized carbons (Fsp3) is 0.517. The lowest BCUT2D eigenvalue weighted by Gasteiger charge is -2.40. The Hall–Kier alpha value is -3.68. The Morgan fingerprint density at radius 2 is 1.51 bits per heavy atom. The number of carbonyl (C=O) groups is 3. The Labute approximate surface area is 244 Å². The molecule has 43 heavy (non-hydrogen) atoms. The van der Waals surface area contributed by atoms with Gasteiger partial charge in [-0.05, 0) is 85.7 Å². The molecular formula is C29H33F6N3O5. The van der Waals surface area contributed by atoms with E-state index < -0.39 is 24.3 Å². The number of carbonyl (C=O) groups excluding carboxylic acids is 1. The summed E-state index contributed by atoms with van der Waals surface area (Å²) < 4.78 is 63.5. The van der Waals surface area contributed by atoms with Crippen LogP contribution in [0.4, 0.5) is 26.3 Å². The normalized spacial score (nSPS) is 19.5. The minimum atomic E-state index is -5.08. The second-order valence-electron chi connectivity index (χ2n) is 10.9. The number of benzene rings is 1. The van der Waals surface area contributed by atoms with E-state index in [1.807, 2.05) is 18.5 Å². The van der Waals surface area contributed by atoms with Crippen LogP contribution in [0.5, 0.6) is 0 Å². The van der Waals surface area contributed by atoms with Crippen molar-refractivity contribution in [1.82, 2.24) is 15.2 Å². The molecule has 1 amide bonds. The van der Waals surface area contributed by atoms with Crippen LogP contribution in [-0.2, 0) is 26.3 Å². The van der Waals surface area contributed by atoms with Crippen molar-refractivity contribution in [2.75, 3.05) is 13.1 Å². The van der Waals surface area contributed by atoms with Crippen LogP contribution in [0.1, 0.15) is 67.6 Å². The lowest BCUT2D eigenvalue weighted by Crippen LogP contribution is -2.41. The summed E-state index contributed by atoms with van der Waals surface area (Å²) in [7, 11) is 0. The molecular weight excluding hydrogens is 584 g/mol. The maximum Gasteiger partial charge on any atom is 0.490 e. The van der Waals surface area contributed by atoms with Gasteiger partial charge in [-0.2, -0.15) is 26.3 Å². The van der Waals surface area contributed by atoms with E-state index in [9.17, 15) is 31.1 Å². The fourth-order valence-corrected chi connectivity index (χ4v) is 5.64. The van der Waals surface area contributed by atoms with Gasteiger partial charge in [0.15, 0.2) is 0 Å². The van der Waals surface area contributed by atoms with Gasteiger partial charge in [0.25, 0.3) is 0 Å². The number of aliphatic carboxylic acids is 2. The number of nitrogens with one attached hydrogen (secondary N) is 1. The van der Waals surface area contributed by atoms with Gasteiger partial charge in [-0.15, -0.1) is 0 Å².